The van der Waals surface area contributed by atoms with Crippen LogP contribution in [0.2, 0.25) is 0 Å². The van der Waals surface area contributed by atoms with E-state index in [9.17, 15) is 15.0 Å². The maximum absolute atomic E-state index is 12.4. The summed E-state index contributed by atoms with van der Waals surface area (Å²) >= 11 is 0. The standard InChI is InChI=1S/C18H19N5O4/c1-2-12-13(24)14(25)15(27-12)11-8-19-17-16(20-9-21-23(11)17)22-18(26)10-6-4-3-5-7-10/h3-9,12-15,24-25H,2H2,1H3,(H,20,21,22,26)/t12-,13-,14-,15+/m1/s1. The fourth-order valence-corrected chi connectivity index (χ4v) is 3.22. The second-order valence-electron chi connectivity index (χ2n) is 6.33. The molecule has 0 unspecified atom stereocenters. The Kier molecular flexibility index (Phi) is 4.56. The molecule has 0 saturated carbocycles. The van der Waals surface area contributed by atoms with E-state index in [2.05, 4.69) is 20.4 Å². The van der Waals surface area contributed by atoms with Crippen LogP contribution in [0.3, 0.4) is 0 Å². The summed E-state index contributed by atoms with van der Waals surface area (Å²) in [6.07, 6.45) is 0.0482. The van der Waals surface area contributed by atoms with Crippen molar-refractivity contribution in [3.63, 3.8) is 0 Å². The summed E-state index contributed by atoms with van der Waals surface area (Å²) in [7, 11) is 0. The van der Waals surface area contributed by atoms with Gasteiger partial charge in [-0.2, -0.15) is 5.10 Å². The number of amides is 1. The van der Waals surface area contributed by atoms with Gasteiger partial charge in [0, 0.05) is 5.56 Å². The number of nitrogens with one attached hydrogen (secondary N) is 1. The Hall–Kier alpha value is -2.88. The van der Waals surface area contributed by atoms with Gasteiger partial charge in [0.1, 0.15) is 24.6 Å². The van der Waals surface area contributed by atoms with Crippen LogP contribution in [0.5, 0.6) is 0 Å². The van der Waals surface area contributed by atoms with E-state index in [0.29, 0.717) is 23.3 Å². The number of carbonyl (C=O) groups excluding carboxylic acids is 1. The summed E-state index contributed by atoms with van der Waals surface area (Å²) in [6, 6.07) is 8.75. The first-order chi connectivity index (χ1) is 13.1. The number of ether oxygens (including phenoxy) is 1. The topological polar surface area (TPSA) is 122 Å². The number of carbonyl (C=O) groups is 1. The minimum atomic E-state index is -1.09. The summed E-state index contributed by atoms with van der Waals surface area (Å²) in [4.78, 5) is 20.8. The van der Waals surface area contributed by atoms with Crippen molar-refractivity contribution >= 4 is 17.4 Å². The van der Waals surface area contributed by atoms with Crippen LogP contribution in [0.1, 0.15) is 35.5 Å². The number of benzene rings is 1. The summed E-state index contributed by atoms with van der Waals surface area (Å²) < 4.78 is 7.22. The average Bonchev–Trinajstić information content (AvgIpc) is 3.25. The van der Waals surface area contributed by atoms with Crippen LogP contribution in [0, 0.1) is 0 Å². The van der Waals surface area contributed by atoms with Gasteiger partial charge in [-0.25, -0.2) is 14.5 Å². The van der Waals surface area contributed by atoms with E-state index < -0.39 is 24.4 Å². The zero-order valence-electron chi connectivity index (χ0n) is 14.6. The Bertz CT molecular complexity index is 961. The highest BCUT2D eigenvalue weighted by Gasteiger charge is 2.44. The van der Waals surface area contributed by atoms with Gasteiger partial charge in [-0.15, -0.1) is 0 Å². The molecule has 3 aromatic rings. The molecular formula is C18H19N5O4. The number of hydrogen-bond donors (Lipinski definition) is 3. The molecule has 0 aliphatic carbocycles. The number of nitrogens with zero attached hydrogens (tertiary/aromatic N) is 4. The molecule has 0 radical (unpaired) electrons. The minimum absolute atomic E-state index is 0.241. The smallest absolute Gasteiger partial charge is 0.256 e. The number of aromatic nitrogens is 4. The molecular weight excluding hydrogens is 350 g/mol. The monoisotopic (exact) mass is 369 g/mol. The maximum Gasteiger partial charge on any atom is 0.256 e. The highest BCUT2D eigenvalue weighted by Crippen LogP contribution is 2.35. The quantitative estimate of drug-likeness (QED) is 0.626. The van der Waals surface area contributed by atoms with Crippen LogP contribution in [-0.4, -0.2) is 54.0 Å². The average molecular weight is 369 g/mol. The third-order valence-corrected chi connectivity index (χ3v) is 4.65. The molecule has 9 nitrogen and oxygen atoms in total. The first-order valence-corrected chi connectivity index (χ1v) is 8.66. The summed E-state index contributed by atoms with van der Waals surface area (Å²) in [5, 5.41) is 27.3. The highest BCUT2D eigenvalue weighted by molar-refractivity contribution is 6.05. The van der Waals surface area contributed by atoms with Crippen LogP contribution >= 0.6 is 0 Å². The van der Waals surface area contributed by atoms with Crippen LogP contribution < -0.4 is 5.32 Å². The Labute approximate surface area is 154 Å². The lowest BCUT2D eigenvalue weighted by atomic mass is 10.1. The van der Waals surface area contributed by atoms with Gasteiger partial charge in [-0.05, 0) is 18.6 Å². The molecule has 4 atom stereocenters. The SMILES string of the molecule is CC[C@H]1O[C@@H](c2cnc3c(NC(=O)c4ccccc4)ncnn23)[C@H](O)[C@@H]1O. The summed E-state index contributed by atoms with van der Waals surface area (Å²) in [5.41, 5.74) is 1.29. The predicted octanol–water partition coefficient (Wildman–Crippen LogP) is 0.948. The summed E-state index contributed by atoms with van der Waals surface area (Å²) in [5.74, 6) is -0.0791. The minimum Gasteiger partial charge on any atom is -0.388 e. The van der Waals surface area contributed by atoms with Crippen LogP contribution in [-0.2, 0) is 4.74 Å². The molecule has 27 heavy (non-hydrogen) atoms. The Balaban J connectivity index is 1.65. The number of fused-ring (bicyclic) bond motifs is 1. The molecule has 0 bridgehead atoms. The van der Waals surface area contributed by atoms with Gasteiger partial charge in [0.05, 0.1) is 18.0 Å². The van der Waals surface area contributed by atoms with E-state index in [1.165, 1.54) is 17.0 Å². The van der Waals surface area contributed by atoms with Crippen molar-refractivity contribution in [3.8, 4) is 0 Å². The van der Waals surface area contributed by atoms with Gasteiger partial charge < -0.3 is 20.3 Å². The zero-order chi connectivity index (χ0) is 19.0. The number of aliphatic hydroxyl groups excluding tert-OH is 2. The Morgan fingerprint density at radius 2 is 2.00 bits per heavy atom. The lowest BCUT2D eigenvalue weighted by molar-refractivity contribution is 0.00259. The molecule has 1 fully saturated rings. The number of anilines is 1. The van der Waals surface area contributed by atoms with Crippen molar-refractivity contribution < 1.29 is 19.7 Å². The van der Waals surface area contributed by atoms with Crippen LogP contribution in [0.15, 0.2) is 42.9 Å². The summed E-state index contributed by atoms with van der Waals surface area (Å²) in [6.45, 7) is 1.87. The van der Waals surface area contributed by atoms with E-state index >= 15 is 0 Å². The second-order valence-corrected chi connectivity index (χ2v) is 6.33. The van der Waals surface area contributed by atoms with Gasteiger partial charge in [-0.1, -0.05) is 25.1 Å². The molecule has 1 saturated heterocycles. The third kappa shape index (κ3) is 3.05. The Morgan fingerprint density at radius 3 is 2.70 bits per heavy atom. The molecule has 9 heteroatoms. The number of aliphatic hydroxyl groups is 2. The van der Waals surface area contributed by atoms with Gasteiger partial charge in [0.25, 0.3) is 5.91 Å². The van der Waals surface area contributed by atoms with Gasteiger partial charge in [-0.3, -0.25) is 4.79 Å². The molecule has 2 aromatic heterocycles. The number of imidazole rings is 1. The van der Waals surface area contributed by atoms with Crippen molar-refractivity contribution in [2.24, 2.45) is 0 Å². The zero-order valence-corrected chi connectivity index (χ0v) is 14.6. The normalized spacial score (nSPS) is 25.0. The van der Waals surface area contributed by atoms with E-state index in [4.69, 9.17) is 4.74 Å². The highest BCUT2D eigenvalue weighted by atomic mass is 16.5. The molecule has 3 N–H and O–H groups in total. The van der Waals surface area contributed by atoms with Crippen molar-refractivity contribution in [1.82, 2.24) is 19.6 Å². The fourth-order valence-electron chi connectivity index (χ4n) is 3.22. The van der Waals surface area contributed by atoms with Gasteiger partial charge >= 0.3 is 0 Å². The van der Waals surface area contributed by atoms with E-state index in [1.54, 1.807) is 24.3 Å². The Morgan fingerprint density at radius 1 is 1.22 bits per heavy atom. The fraction of sp³-hybridized carbons (Fsp3) is 0.333. The first-order valence-electron chi connectivity index (χ1n) is 8.66. The van der Waals surface area contributed by atoms with E-state index in [1.807, 2.05) is 13.0 Å². The molecule has 1 amide bonds. The number of rotatable bonds is 4. The molecule has 1 aliphatic rings. The lowest BCUT2D eigenvalue weighted by Crippen LogP contribution is -2.30. The van der Waals surface area contributed by atoms with Gasteiger partial charge in [0.15, 0.2) is 11.5 Å². The van der Waals surface area contributed by atoms with E-state index in [-0.39, 0.29) is 11.7 Å². The maximum atomic E-state index is 12.4. The number of hydrogen-bond acceptors (Lipinski definition) is 7. The molecule has 140 valence electrons. The van der Waals surface area contributed by atoms with Crippen molar-refractivity contribution in [2.45, 2.75) is 37.8 Å². The van der Waals surface area contributed by atoms with Crippen molar-refractivity contribution in [3.05, 3.63) is 54.1 Å². The molecule has 1 aromatic carbocycles. The van der Waals surface area contributed by atoms with Crippen LogP contribution in [0.25, 0.3) is 5.65 Å². The van der Waals surface area contributed by atoms with Crippen LogP contribution in [0.4, 0.5) is 5.82 Å². The lowest BCUT2D eigenvalue weighted by Gasteiger charge is -2.13. The van der Waals surface area contributed by atoms with Crippen molar-refractivity contribution in [2.75, 3.05) is 5.32 Å². The predicted molar refractivity (Wildman–Crippen MR) is 95.1 cm³/mol. The largest absolute Gasteiger partial charge is 0.388 e. The van der Waals surface area contributed by atoms with Crippen molar-refractivity contribution in [1.29, 1.82) is 0 Å². The molecule has 4 rings (SSSR count). The third-order valence-electron chi connectivity index (χ3n) is 4.65. The molecule has 1 aliphatic heterocycles. The molecule has 3 heterocycles. The first kappa shape index (κ1) is 17.5. The molecule has 0 spiro atoms. The van der Waals surface area contributed by atoms with E-state index in [0.717, 1.165) is 0 Å². The van der Waals surface area contributed by atoms with Gasteiger partial charge in [0.2, 0.25) is 0 Å². The second kappa shape index (κ2) is 7.03.